The molecule has 6 heterocycles. The van der Waals surface area contributed by atoms with Gasteiger partial charge in [0.25, 0.3) is 11.1 Å². The molecule has 6 rings (SSSR count). The zero-order valence-corrected chi connectivity index (χ0v) is 30.8. The van der Waals surface area contributed by atoms with Crippen LogP contribution in [0.25, 0.3) is 22.1 Å². The Kier molecular flexibility index (Phi) is 11.7. The SMILES string of the molecule is CC(C)(C)OC(=O)Cn1c(=O)[nH]c(=O)c2ncc(N3CCOCC3)cc21.CC(C)(C)OC(=O)Cn1c(Cl)nc(=O)c2ncc(N3CCOCC3)cc21. The van der Waals surface area contributed by atoms with E-state index >= 15 is 0 Å². The average molecular weight is 743 g/mol. The van der Waals surface area contributed by atoms with Crippen LogP contribution in [0.2, 0.25) is 5.28 Å². The lowest BCUT2D eigenvalue weighted by molar-refractivity contribution is -0.156. The van der Waals surface area contributed by atoms with Gasteiger partial charge >= 0.3 is 17.6 Å². The lowest BCUT2D eigenvalue weighted by atomic mass is 10.2. The number of H-pyrrole nitrogens is 1. The van der Waals surface area contributed by atoms with Crippen LogP contribution in [-0.4, -0.2) is 105 Å². The van der Waals surface area contributed by atoms with Gasteiger partial charge in [-0.15, -0.1) is 0 Å². The predicted octanol–water partition coefficient (Wildman–Crippen LogP) is 1.89. The molecule has 4 aromatic heterocycles. The third-order valence-corrected chi connectivity index (χ3v) is 8.04. The molecule has 0 unspecified atom stereocenters. The van der Waals surface area contributed by atoms with Crippen LogP contribution in [0.4, 0.5) is 11.4 Å². The van der Waals surface area contributed by atoms with Gasteiger partial charge in [-0.25, -0.2) is 14.8 Å². The Morgan fingerprint density at radius 1 is 0.750 bits per heavy atom. The number of rotatable bonds is 6. The molecule has 0 bridgehead atoms. The number of anilines is 2. The Hall–Kier alpha value is -4.87. The fourth-order valence-electron chi connectivity index (χ4n) is 5.57. The van der Waals surface area contributed by atoms with Crippen molar-refractivity contribution < 1.29 is 28.5 Å². The molecule has 2 fully saturated rings. The summed E-state index contributed by atoms with van der Waals surface area (Å²) in [6.07, 6.45) is 3.22. The van der Waals surface area contributed by atoms with Crippen LogP contribution in [0, 0.1) is 0 Å². The Morgan fingerprint density at radius 3 is 1.67 bits per heavy atom. The summed E-state index contributed by atoms with van der Waals surface area (Å²) in [5.41, 5.74) is -0.464. The normalized spacial score (nSPS) is 15.3. The van der Waals surface area contributed by atoms with Crippen molar-refractivity contribution in [1.29, 1.82) is 0 Å². The van der Waals surface area contributed by atoms with E-state index in [0.29, 0.717) is 50.6 Å². The molecule has 52 heavy (non-hydrogen) atoms. The van der Waals surface area contributed by atoms with E-state index in [9.17, 15) is 24.0 Å². The van der Waals surface area contributed by atoms with Crippen molar-refractivity contribution in [3.63, 3.8) is 0 Å². The van der Waals surface area contributed by atoms with E-state index in [1.54, 1.807) is 66.1 Å². The van der Waals surface area contributed by atoms with Crippen LogP contribution in [-0.2, 0) is 41.6 Å². The molecule has 2 aliphatic heterocycles. The van der Waals surface area contributed by atoms with Crippen molar-refractivity contribution in [2.45, 2.75) is 65.8 Å². The molecule has 0 saturated carbocycles. The van der Waals surface area contributed by atoms with E-state index < -0.39 is 39.9 Å². The van der Waals surface area contributed by atoms with Gasteiger partial charge in [-0.1, -0.05) is 0 Å². The molecule has 0 radical (unpaired) electrons. The molecule has 280 valence electrons. The summed E-state index contributed by atoms with van der Waals surface area (Å²) in [4.78, 5) is 79.5. The molecular weight excluding hydrogens is 700 g/mol. The number of aromatic amines is 1. The fourth-order valence-corrected chi connectivity index (χ4v) is 5.80. The summed E-state index contributed by atoms with van der Waals surface area (Å²) in [5.74, 6) is -1.03. The van der Waals surface area contributed by atoms with Crippen LogP contribution in [0.5, 0.6) is 0 Å². The number of carbonyl (C=O) groups is 2. The number of pyridine rings is 2. The molecule has 4 aromatic rings. The first kappa shape index (κ1) is 38.4. The molecule has 0 aliphatic carbocycles. The number of carbonyl (C=O) groups excluding carboxylic acids is 2. The minimum absolute atomic E-state index is 0.0747. The molecule has 17 nitrogen and oxygen atoms in total. The zero-order valence-electron chi connectivity index (χ0n) is 30.1. The third kappa shape index (κ3) is 9.71. The maximum Gasteiger partial charge on any atom is 0.329 e. The van der Waals surface area contributed by atoms with Gasteiger partial charge in [0.15, 0.2) is 11.0 Å². The predicted molar refractivity (Wildman–Crippen MR) is 193 cm³/mol. The topological polar surface area (TPSA) is 193 Å². The molecule has 0 aromatic carbocycles. The van der Waals surface area contributed by atoms with Crippen molar-refractivity contribution in [3.8, 4) is 0 Å². The summed E-state index contributed by atoms with van der Waals surface area (Å²) in [5, 5.41) is -0.0747. The van der Waals surface area contributed by atoms with Gasteiger partial charge in [0.05, 0.1) is 61.2 Å². The molecular formula is C34H43ClN8O9. The zero-order chi connectivity index (χ0) is 37.8. The summed E-state index contributed by atoms with van der Waals surface area (Å²) < 4.78 is 24.0. The second kappa shape index (κ2) is 15.8. The lowest BCUT2D eigenvalue weighted by Gasteiger charge is -2.28. The number of aromatic nitrogens is 6. The van der Waals surface area contributed by atoms with E-state index in [2.05, 4.69) is 29.7 Å². The van der Waals surface area contributed by atoms with E-state index in [1.165, 1.54) is 9.13 Å². The summed E-state index contributed by atoms with van der Waals surface area (Å²) in [6, 6.07) is 3.50. The second-order valence-electron chi connectivity index (χ2n) is 14.1. The molecule has 0 spiro atoms. The van der Waals surface area contributed by atoms with Gasteiger partial charge in [0.2, 0.25) is 5.28 Å². The minimum atomic E-state index is -0.672. The van der Waals surface area contributed by atoms with Gasteiger partial charge in [0, 0.05) is 26.2 Å². The Bertz CT molecular complexity index is 2120. The van der Waals surface area contributed by atoms with E-state index in [4.69, 9.17) is 30.5 Å². The number of esters is 2. The average Bonchev–Trinajstić information content (AvgIpc) is 3.07. The highest BCUT2D eigenvalue weighted by molar-refractivity contribution is 6.28. The fraction of sp³-hybridized carbons (Fsp3) is 0.529. The number of hydrogen-bond acceptors (Lipinski definition) is 14. The minimum Gasteiger partial charge on any atom is -0.459 e. The number of morpholine rings is 2. The number of hydrogen-bond donors (Lipinski definition) is 1. The standard InChI is InChI=1S/C17H21ClN4O4.C17H22N4O5/c1-17(2,3)26-13(23)10-22-12-8-11(21-4-6-25-7-5-21)9-19-14(12)15(24)20-16(22)18;1-17(2,3)26-13(22)10-21-12-8-11(20-4-6-25-7-5-20)9-18-14(12)15(23)19-16(21)24/h8-9H,4-7,10H2,1-3H3;8-9H,4-7,10H2,1-3H3,(H,19,23,24). The van der Waals surface area contributed by atoms with Gasteiger partial charge in [-0.05, 0) is 65.3 Å². The van der Waals surface area contributed by atoms with Crippen molar-refractivity contribution in [2.24, 2.45) is 0 Å². The Morgan fingerprint density at radius 2 is 1.19 bits per heavy atom. The highest BCUT2D eigenvalue weighted by Crippen LogP contribution is 2.22. The van der Waals surface area contributed by atoms with E-state index in [-0.39, 0.29) is 29.4 Å². The Balaban J connectivity index is 0.000000201. The summed E-state index contributed by atoms with van der Waals surface area (Å²) in [7, 11) is 0. The monoisotopic (exact) mass is 742 g/mol. The molecule has 1 N–H and O–H groups in total. The first-order chi connectivity index (χ1) is 24.5. The van der Waals surface area contributed by atoms with Crippen LogP contribution >= 0.6 is 11.6 Å². The van der Waals surface area contributed by atoms with Crippen molar-refractivity contribution in [3.05, 3.63) is 61.0 Å². The van der Waals surface area contributed by atoms with Crippen LogP contribution in [0.15, 0.2) is 38.9 Å². The largest absolute Gasteiger partial charge is 0.459 e. The van der Waals surface area contributed by atoms with Crippen LogP contribution in [0.3, 0.4) is 0 Å². The molecule has 0 atom stereocenters. The van der Waals surface area contributed by atoms with Gasteiger partial charge < -0.3 is 33.3 Å². The van der Waals surface area contributed by atoms with E-state index in [0.717, 1.165) is 24.5 Å². The quantitative estimate of drug-likeness (QED) is 0.222. The van der Waals surface area contributed by atoms with Crippen molar-refractivity contribution in [1.82, 2.24) is 29.1 Å². The van der Waals surface area contributed by atoms with Crippen molar-refractivity contribution in [2.75, 3.05) is 62.4 Å². The maximum atomic E-state index is 12.3. The summed E-state index contributed by atoms with van der Waals surface area (Å²) >= 11 is 6.14. The van der Waals surface area contributed by atoms with Crippen LogP contribution in [0.1, 0.15) is 41.5 Å². The highest BCUT2D eigenvalue weighted by atomic mass is 35.5. The number of nitrogens with one attached hydrogen (secondary N) is 1. The van der Waals surface area contributed by atoms with Crippen LogP contribution < -0.4 is 26.6 Å². The van der Waals surface area contributed by atoms with Gasteiger partial charge in [-0.3, -0.25) is 28.7 Å². The number of nitrogens with zero attached hydrogens (tertiary/aromatic N) is 7. The molecule has 18 heteroatoms. The second-order valence-corrected chi connectivity index (χ2v) is 14.4. The van der Waals surface area contributed by atoms with E-state index in [1.807, 2.05) is 0 Å². The molecule has 2 saturated heterocycles. The number of ether oxygens (including phenoxy) is 4. The lowest BCUT2D eigenvalue weighted by Crippen LogP contribution is -2.37. The molecule has 0 amide bonds. The smallest absolute Gasteiger partial charge is 0.329 e. The van der Waals surface area contributed by atoms with Gasteiger partial charge in [-0.2, -0.15) is 4.98 Å². The Labute approximate surface area is 303 Å². The first-order valence-corrected chi connectivity index (χ1v) is 17.1. The van der Waals surface area contributed by atoms with Gasteiger partial charge in [0.1, 0.15) is 24.3 Å². The third-order valence-electron chi connectivity index (χ3n) is 7.75. The maximum absolute atomic E-state index is 12.3. The first-order valence-electron chi connectivity index (χ1n) is 16.8. The number of halogens is 1. The molecule has 2 aliphatic rings. The summed E-state index contributed by atoms with van der Waals surface area (Å²) in [6.45, 7) is 15.4. The van der Waals surface area contributed by atoms with Crippen molar-refractivity contribution >= 4 is 57.0 Å². The number of fused-ring (bicyclic) bond motifs is 2. The highest BCUT2D eigenvalue weighted by Gasteiger charge is 2.22.